The molecule has 1 fully saturated rings. The molecule has 0 radical (unpaired) electrons. The van der Waals surface area contributed by atoms with Crippen molar-refractivity contribution in [2.45, 2.75) is 36.6 Å². The van der Waals surface area contributed by atoms with Crippen molar-refractivity contribution in [3.05, 3.63) is 0 Å². The molecule has 6 atom stereocenters. The van der Waals surface area contributed by atoms with Crippen LogP contribution in [0.2, 0.25) is 0 Å². The number of hydrogen-bond acceptors (Lipinski definition) is 14. The van der Waals surface area contributed by atoms with Gasteiger partial charge in [0.15, 0.2) is 6.10 Å². The van der Waals surface area contributed by atoms with Gasteiger partial charge in [-0.2, -0.15) is 21.7 Å². The molecule has 0 spiro atoms. The second-order valence-corrected chi connectivity index (χ2v) is 9.91. The fourth-order valence-corrected chi connectivity index (χ4v) is 4.72. The predicted molar refractivity (Wildman–Crippen MR) is 86.1 cm³/mol. The van der Waals surface area contributed by atoms with Crippen molar-refractivity contribution in [1.29, 1.82) is 0 Å². The molecule has 7 N–H and O–H groups in total. The summed E-state index contributed by atoms with van der Waals surface area (Å²) in [5, 5.41) is 11.8. The Morgan fingerprint density at radius 2 is 1.03 bits per heavy atom. The highest BCUT2D eigenvalue weighted by Crippen LogP contribution is 2.48. The molecule has 0 heterocycles. The van der Waals surface area contributed by atoms with Crippen LogP contribution in [0.5, 0.6) is 0 Å². The molecule has 186 valence electrons. The van der Waals surface area contributed by atoms with Gasteiger partial charge in [0.05, 0.1) is 0 Å². The van der Waals surface area contributed by atoms with Crippen molar-refractivity contribution in [1.82, 2.24) is 0 Å². The maximum atomic E-state index is 11.3. The van der Waals surface area contributed by atoms with Crippen LogP contribution >= 0.6 is 15.6 Å². The Morgan fingerprint density at radius 3 is 1.26 bits per heavy atom. The van der Waals surface area contributed by atoms with Crippen molar-refractivity contribution in [2.75, 3.05) is 7.11 Å². The van der Waals surface area contributed by atoms with E-state index in [-0.39, 0.29) is 0 Å². The van der Waals surface area contributed by atoms with Gasteiger partial charge in [-0.05, 0) is 0 Å². The topological polar surface area (TPSA) is 309 Å². The van der Waals surface area contributed by atoms with Crippen molar-refractivity contribution in [3.63, 3.8) is 0 Å². The summed E-state index contributed by atoms with van der Waals surface area (Å²) in [5.41, 5.74) is 0. The second-order valence-electron chi connectivity index (χ2n) is 5.43. The summed E-state index contributed by atoms with van der Waals surface area (Å²) < 4.78 is 107. The molecule has 0 bridgehead atoms. The van der Waals surface area contributed by atoms with Gasteiger partial charge < -0.3 is 24.3 Å². The predicted octanol–water partition coefficient (Wildman–Crippen LogP) is -2.86. The third-order valence-electron chi connectivity index (χ3n) is 3.35. The first-order chi connectivity index (χ1) is 13.8. The number of ether oxygens (including phenoxy) is 1. The minimum absolute atomic E-state index is 0.679. The summed E-state index contributed by atoms with van der Waals surface area (Å²) in [6, 6.07) is 0. The molecule has 20 nitrogen and oxygen atoms in total. The van der Waals surface area contributed by atoms with E-state index in [2.05, 4.69) is 27.3 Å². The first-order valence-electron chi connectivity index (χ1n) is 7.07. The third kappa shape index (κ3) is 9.67. The minimum Gasteiger partial charge on any atom is -0.376 e. The highest BCUT2D eigenvalue weighted by Gasteiger charge is 2.60. The Morgan fingerprint density at radius 1 is 0.677 bits per heavy atom. The highest BCUT2D eigenvalue weighted by molar-refractivity contribution is 7.81. The molecule has 1 aliphatic rings. The highest BCUT2D eigenvalue weighted by atomic mass is 32.3. The van der Waals surface area contributed by atoms with Crippen LogP contribution in [-0.2, 0) is 62.0 Å². The molecule has 0 saturated heterocycles. The van der Waals surface area contributed by atoms with Gasteiger partial charge in [-0.1, -0.05) is 5.04 Å². The largest absolute Gasteiger partial charge is 0.470 e. The van der Waals surface area contributed by atoms with Crippen LogP contribution in [0.25, 0.3) is 0 Å². The zero-order valence-corrected chi connectivity index (χ0v) is 18.0. The molecule has 0 aromatic rings. The molecule has 0 aliphatic heterocycles. The first-order valence-corrected chi connectivity index (χ1v) is 12.9. The zero-order chi connectivity index (χ0) is 24.4. The molecule has 24 heteroatoms. The molecule has 1 rings (SSSR count). The SMILES string of the molecule is COC1C(OS(=O)(=O)O)[C@H](OP(=O)(O)O)C(OOO)C(OP(=O)(O)O)[C@@H]1OS(=O)(=O)O. The molecule has 31 heavy (non-hydrogen) atoms. The number of methoxy groups -OCH3 is 1. The zero-order valence-electron chi connectivity index (χ0n) is 14.6. The van der Waals surface area contributed by atoms with Gasteiger partial charge in [0.1, 0.15) is 30.5 Å². The quantitative estimate of drug-likeness (QED) is 0.0592. The van der Waals surface area contributed by atoms with E-state index in [0.717, 1.165) is 0 Å². The molecule has 0 amide bonds. The summed E-state index contributed by atoms with van der Waals surface area (Å²) in [6.45, 7) is 0. The van der Waals surface area contributed by atoms with E-state index in [9.17, 15) is 26.0 Å². The van der Waals surface area contributed by atoms with E-state index in [1.54, 1.807) is 0 Å². The van der Waals surface area contributed by atoms with Crippen LogP contribution in [0, 0.1) is 0 Å². The van der Waals surface area contributed by atoms with Gasteiger partial charge in [0, 0.05) is 7.11 Å². The lowest BCUT2D eigenvalue weighted by molar-refractivity contribution is -0.520. The maximum Gasteiger partial charge on any atom is 0.470 e. The summed E-state index contributed by atoms with van der Waals surface area (Å²) in [6.07, 6.45) is -15.2. The van der Waals surface area contributed by atoms with Crippen LogP contribution in [0.4, 0.5) is 0 Å². The average molecular weight is 546 g/mol. The Labute approximate surface area is 172 Å². The molecular formula is C7H16O20P2S2. The lowest BCUT2D eigenvalue weighted by Crippen LogP contribution is -2.67. The van der Waals surface area contributed by atoms with Gasteiger partial charge in [0.2, 0.25) is 0 Å². The maximum absolute atomic E-state index is 11.3. The van der Waals surface area contributed by atoms with E-state index in [4.69, 9.17) is 38.7 Å². The van der Waals surface area contributed by atoms with Gasteiger partial charge in [-0.3, -0.25) is 18.2 Å². The molecular weight excluding hydrogens is 530 g/mol. The van der Waals surface area contributed by atoms with Crippen LogP contribution in [0.3, 0.4) is 0 Å². The average Bonchev–Trinajstić information content (AvgIpc) is 2.49. The van der Waals surface area contributed by atoms with Crippen LogP contribution < -0.4 is 0 Å². The summed E-state index contributed by atoms with van der Waals surface area (Å²) in [7, 11) is -21.7. The molecule has 4 unspecified atom stereocenters. The molecule has 1 saturated carbocycles. The fourth-order valence-electron chi connectivity index (χ4n) is 2.61. The van der Waals surface area contributed by atoms with E-state index >= 15 is 0 Å². The normalized spacial score (nSPS) is 31.0. The van der Waals surface area contributed by atoms with E-state index < -0.39 is 73.1 Å². The number of hydrogen-bond donors (Lipinski definition) is 7. The van der Waals surface area contributed by atoms with Gasteiger partial charge in [-0.25, -0.2) is 22.8 Å². The van der Waals surface area contributed by atoms with Gasteiger partial charge in [-0.15, -0.1) is 0 Å². The van der Waals surface area contributed by atoms with Crippen LogP contribution in [-0.4, -0.2) is 94.5 Å². The summed E-state index contributed by atoms with van der Waals surface area (Å²) >= 11 is 0. The van der Waals surface area contributed by atoms with Crippen molar-refractivity contribution < 1.29 is 92.0 Å². The lowest BCUT2D eigenvalue weighted by atomic mass is 9.85. The monoisotopic (exact) mass is 546 g/mol. The number of phosphoric ester groups is 2. The number of rotatable bonds is 11. The Hall–Kier alpha value is -0.200. The van der Waals surface area contributed by atoms with Gasteiger partial charge >= 0.3 is 36.4 Å². The fraction of sp³-hybridized carbons (Fsp3) is 1.00. The van der Waals surface area contributed by atoms with Crippen LogP contribution in [0.1, 0.15) is 0 Å². The summed E-state index contributed by atoms with van der Waals surface area (Å²) in [5.74, 6) is 0. The van der Waals surface area contributed by atoms with E-state index in [1.165, 1.54) is 0 Å². The Balaban J connectivity index is 3.75. The molecule has 0 aromatic carbocycles. The van der Waals surface area contributed by atoms with E-state index in [0.29, 0.717) is 7.11 Å². The third-order valence-corrected chi connectivity index (χ3v) is 5.32. The Bertz CT molecular complexity index is 832. The molecule has 0 aromatic heterocycles. The van der Waals surface area contributed by atoms with Crippen molar-refractivity contribution >= 4 is 36.4 Å². The van der Waals surface area contributed by atoms with Crippen molar-refractivity contribution in [2.24, 2.45) is 0 Å². The first kappa shape index (κ1) is 28.8. The standard InChI is InChI=1S/C7H16O20P2S2/c1-21-2-6(25-30(15,16)17)4(23-28(9,10)11)3(22-27-8)5(24-29(12,13)14)7(2)26-31(18,19)20/h2-8H,1H3,(H2,9,10,11)(H2,12,13,14)(H,15,16,17)(H,18,19,20)/t2?,3?,4-,5?,6?,7-/m1/s1. The lowest BCUT2D eigenvalue weighted by Gasteiger charge is -2.46. The van der Waals surface area contributed by atoms with Gasteiger partial charge in [0.25, 0.3) is 0 Å². The molecule has 1 aliphatic carbocycles. The van der Waals surface area contributed by atoms with Crippen LogP contribution in [0.15, 0.2) is 0 Å². The Kier molecular flexibility index (Phi) is 9.65. The minimum atomic E-state index is -5.66. The smallest absolute Gasteiger partial charge is 0.376 e. The van der Waals surface area contributed by atoms with E-state index in [1.807, 2.05) is 0 Å². The summed E-state index contributed by atoms with van der Waals surface area (Å²) in [4.78, 5) is 40.4. The van der Waals surface area contributed by atoms with Crippen molar-refractivity contribution in [3.8, 4) is 0 Å². The number of phosphoric acid groups is 2. The second kappa shape index (κ2) is 10.4.